The molecule has 220 valence electrons. The van der Waals surface area contributed by atoms with Crippen LogP contribution < -0.4 is 16.8 Å². The monoisotopic (exact) mass is 643 g/mol. The molecule has 0 aliphatic carbocycles. The quantitative estimate of drug-likeness (QED) is 0.0839. The van der Waals surface area contributed by atoms with Crippen LogP contribution in [-0.2, 0) is 25.0 Å². The summed E-state index contributed by atoms with van der Waals surface area (Å²) in [6.07, 6.45) is 3.29. The maximum Gasteiger partial charge on any atom is 0.353 e. The Morgan fingerprint density at radius 1 is 1.41 bits per heavy atom. The molecular formula is C23H26FN7O6S4. The number of aliphatic hydroxyl groups is 1. The molecule has 1 unspecified atom stereocenters. The van der Waals surface area contributed by atoms with Gasteiger partial charge in [-0.1, -0.05) is 16.9 Å². The molecule has 4 heterocycles. The van der Waals surface area contributed by atoms with Crippen LogP contribution >= 0.6 is 46.6 Å². The number of aliphatic hydroxyl groups excluding tert-OH is 1. The van der Waals surface area contributed by atoms with E-state index in [4.69, 9.17) is 21.4 Å². The number of alkyl halides is 1. The largest absolute Gasteiger partial charge is 0.477 e. The van der Waals surface area contributed by atoms with E-state index in [2.05, 4.69) is 20.4 Å². The normalized spacial score (nSPS) is 19.4. The second kappa shape index (κ2) is 14.3. The van der Waals surface area contributed by atoms with Gasteiger partial charge in [-0.3, -0.25) is 19.5 Å². The number of nitrogens with zero attached hydrogens (tertiary/aromatic N) is 4. The molecule has 2 amide bonds. The molecule has 2 aliphatic rings. The van der Waals surface area contributed by atoms with Crippen molar-refractivity contribution in [3.63, 3.8) is 0 Å². The van der Waals surface area contributed by atoms with E-state index < -0.39 is 35.9 Å². The summed E-state index contributed by atoms with van der Waals surface area (Å²) < 4.78 is 12.5. The van der Waals surface area contributed by atoms with Crippen LogP contribution in [0.15, 0.2) is 44.5 Å². The molecule has 2 aliphatic heterocycles. The number of fused-ring (bicyclic) bond motifs is 1. The molecule has 1 fully saturated rings. The molecule has 7 N–H and O–H groups in total. The molecular weight excluding hydrogens is 618 g/mol. The van der Waals surface area contributed by atoms with Crippen molar-refractivity contribution in [2.24, 2.45) is 10.9 Å². The average molecular weight is 644 g/mol. The fourth-order valence-electron chi connectivity index (χ4n) is 3.75. The van der Waals surface area contributed by atoms with Gasteiger partial charge in [0.05, 0.1) is 6.61 Å². The van der Waals surface area contributed by atoms with Gasteiger partial charge in [-0.2, -0.15) is 11.8 Å². The van der Waals surface area contributed by atoms with E-state index in [0.717, 1.165) is 26.7 Å². The minimum Gasteiger partial charge on any atom is -0.477 e. The number of aromatic nitrogens is 2. The summed E-state index contributed by atoms with van der Waals surface area (Å²) in [4.78, 5) is 53.9. The highest BCUT2D eigenvalue weighted by Gasteiger charge is 2.54. The molecule has 1 saturated heterocycles. The zero-order chi connectivity index (χ0) is 29.5. The van der Waals surface area contributed by atoms with E-state index in [0.29, 0.717) is 16.4 Å². The number of aliphatic carboxylic acids is 1. The third kappa shape index (κ3) is 7.31. The lowest BCUT2D eigenvalue weighted by Crippen LogP contribution is -2.71. The lowest BCUT2D eigenvalue weighted by Gasteiger charge is -2.49. The number of carbonyl (C=O) groups is 3. The fourth-order valence-corrected chi connectivity index (χ4v) is 7.93. The number of carbonyl (C=O) groups excluding carboxylic acids is 2. The summed E-state index contributed by atoms with van der Waals surface area (Å²) in [5, 5.41) is 26.4. The SMILES string of the molecule is Nc1nc(C(=NOCCF)C(=O)N[C@@H]2C(=O)N3C(C(=O)O)=C(Sc4ccncc4CSCC(N)CO)CS[C@@H]23)cs1. The number of thioether (sulfide) groups is 3. The van der Waals surface area contributed by atoms with Gasteiger partial charge in [0.2, 0.25) is 0 Å². The van der Waals surface area contributed by atoms with Gasteiger partial charge >= 0.3 is 5.97 Å². The number of oxime groups is 1. The smallest absolute Gasteiger partial charge is 0.353 e. The van der Waals surface area contributed by atoms with Crippen molar-refractivity contribution in [1.82, 2.24) is 20.2 Å². The van der Waals surface area contributed by atoms with Crippen LogP contribution in [0.2, 0.25) is 0 Å². The summed E-state index contributed by atoms with van der Waals surface area (Å²) in [6.45, 7) is -1.33. The van der Waals surface area contributed by atoms with E-state index in [9.17, 15) is 23.9 Å². The number of carboxylic acid groups (broad SMARTS) is 1. The Morgan fingerprint density at radius 3 is 2.90 bits per heavy atom. The molecule has 0 spiro atoms. The standard InChI is InChI=1S/C23H26FN7O6S4/c24-2-4-37-30-16(13-9-40-23(26)28-13)19(33)29-17-20(34)31-18(22(35)36)15(10-39-21(17)31)41-14-1-3-27-5-11(14)7-38-8-12(25)6-32/h1,3,5,9,12,17,21,32H,2,4,6-8,10,25H2,(H2,26,28)(H,29,33)(H,35,36)/t12?,17-,21+/m1/s1. The van der Waals surface area contributed by atoms with Crippen molar-refractivity contribution < 1.29 is 33.8 Å². The Hall–Kier alpha value is -2.90. The van der Waals surface area contributed by atoms with E-state index in [1.807, 2.05) is 0 Å². The number of amides is 2. The number of pyridine rings is 1. The number of rotatable bonds is 14. The number of nitrogens with two attached hydrogens (primary N) is 2. The third-order valence-electron chi connectivity index (χ3n) is 5.64. The van der Waals surface area contributed by atoms with E-state index in [1.165, 1.54) is 40.7 Å². The molecule has 0 saturated carbocycles. The van der Waals surface area contributed by atoms with Crippen molar-refractivity contribution in [1.29, 1.82) is 0 Å². The summed E-state index contributed by atoms with van der Waals surface area (Å²) in [5.74, 6) is -1.30. The third-order valence-corrected chi connectivity index (χ3v) is 10.2. The number of nitrogen functional groups attached to an aromatic ring is 1. The molecule has 18 heteroatoms. The first kappa shape index (κ1) is 31.0. The molecule has 13 nitrogen and oxygen atoms in total. The van der Waals surface area contributed by atoms with Crippen LogP contribution in [0, 0.1) is 0 Å². The number of carboxylic acids is 1. The maximum atomic E-state index is 13.2. The first-order valence-electron chi connectivity index (χ1n) is 12.0. The van der Waals surface area contributed by atoms with E-state index in [1.54, 1.807) is 18.5 Å². The van der Waals surface area contributed by atoms with Gasteiger partial charge < -0.3 is 31.8 Å². The number of thiazole rings is 1. The Kier molecular flexibility index (Phi) is 10.8. The number of hydrogen-bond donors (Lipinski definition) is 5. The van der Waals surface area contributed by atoms with Gasteiger partial charge in [0, 0.05) is 50.9 Å². The van der Waals surface area contributed by atoms with E-state index in [-0.39, 0.29) is 47.2 Å². The van der Waals surface area contributed by atoms with Gasteiger partial charge in [0.1, 0.15) is 36.1 Å². The zero-order valence-corrected chi connectivity index (χ0v) is 24.5. The summed E-state index contributed by atoms with van der Waals surface area (Å²) in [6, 6.07) is 0.393. The second-order valence-corrected chi connectivity index (χ2v) is 12.7. The minimum atomic E-state index is -1.27. The van der Waals surface area contributed by atoms with Gasteiger partial charge in [0.15, 0.2) is 10.8 Å². The van der Waals surface area contributed by atoms with Crippen molar-refractivity contribution in [2.75, 3.05) is 37.1 Å². The van der Waals surface area contributed by atoms with Crippen molar-refractivity contribution >= 4 is 75.2 Å². The summed E-state index contributed by atoms with van der Waals surface area (Å²) >= 11 is 5.13. The van der Waals surface area contributed by atoms with Crippen LogP contribution in [0.5, 0.6) is 0 Å². The first-order valence-corrected chi connectivity index (χ1v) is 15.9. The summed E-state index contributed by atoms with van der Waals surface area (Å²) in [7, 11) is 0. The predicted octanol–water partition coefficient (Wildman–Crippen LogP) is 0.852. The Balaban J connectivity index is 1.50. The molecule has 41 heavy (non-hydrogen) atoms. The summed E-state index contributed by atoms with van der Waals surface area (Å²) in [5.41, 5.74) is 12.0. The zero-order valence-electron chi connectivity index (χ0n) is 21.3. The van der Waals surface area contributed by atoms with Crippen molar-refractivity contribution in [2.45, 2.75) is 28.1 Å². The number of anilines is 1. The number of halogens is 1. The van der Waals surface area contributed by atoms with Crippen LogP contribution in [0.1, 0.15) is 11.3 Å². The van der Waals surface area contributed by atoms with Gasteiger partial charge in [-0.05, 0) is 11.6 Å². The molecule has 0 aromatic carbocycles. The van der Waals surface area contributed by atoms with Gasteiger partial charge in [-0.15, -0.1) is 23.1 Å². The van der Waals surface area contributed by atoms with E-state index >= 15 is 0 Å². The Bertz CT molecular complexity index is 1360. The Morgan fingerprint density at radius 2 is 2.22 bits per heavy atom. The van der Waals surface area contributed by atoms with Gasteiger partial charge in [0.25, 0.3) is 11.8 Å². The lowest BCUT2D eigenvalue weighted by molar-refractivity contribution is -0.150. The predicted molar refractivity (Wildman–Crippen MR) is 156 cm³/mol. The first-order chi connectivity index (χ1) is 19.7. The van der Waals surface area contributed by atoms with Crippen LogP contribution in [0.25, 0.3) is 0 Å². The molecule has 3 atom stereocenters. The van der Waals surface area contributed by atoms with Gasteiger partial charge in [-0.25, -0.2) is 14.2 Å². The van der Waals surface area contributed by atoms with Crippen molar-refractivity contribution in [3.05, 3.63) is 45.7 Å². The highest BCUT2D eigenvalue weighted by molar-refractivity contribution is 8.06. The highest BCUT2D eigenvalue weighted by atomic mass is 32.2. The second-order valence-electron chi connectivity index (χ2n) is 8.51. The topological polar surface area (TPSA) is 206 Å². The molecule has 0 bridgehead atoms. The molecule has 2 aromatic heterocycles. The highest BCUT2D eigenvalue weighted by Crippen LogP contribution is 2.45. The fraction of sp³-hybridized carbons (Fsp3) is 0.391. The lowest BCUT2D eigenvalue weighted by atomic mass is 10.0. The molecule has 2 aromatic rings. The number of nitrogens with one attached hydrogen (secondary N) is 1. The van der Waals surface area contributed by atoms with Crippen LogP contribution in [-0.4, -0.2) is 97.4 Å². The Labute approximate surface area is 250 Å². The van der Waals surface area contributed by atoms with Crippen molar-refractivity contribution in [3.8, 4) is 0 Å². The average Bonchev–Trinajstić information content (AvgIpc) is 3.39. The number of hydrogen-bond acceptors (Lipinski definition) is 14. The van der Waals surface area contributed by atoms with Crippen LogP contribution in [0.3, 0.4) is 0 Å². The molecule has 4 rings (SSSR count). The number of β-lactam (4-membered cyclic amide) rings is 1. The maximum absolute atomic E-state index is 13.2. The minimum absolute atomic E-state index is 0.0956. The van der Waals surface area contributed by atoms with Crippen LogP contribution in [0.4, 0.5) is 9.52 Å². The molecule has 0 radical (unpaired) electrons.